The number of esters is 1. The van der Waals surface area contributed by atoms with Crippen LogP contribution in [0.4, 0.5) is 0 Å². The van der Waals surface area contributed by atoms with E-state index < -0.39 is 5.97 Å². The number of fused-ring (bicyclic) bond motifs is 1. The monoisotopic (exact) mass is 455 g/mol. The van der Waals surface area contributed by atoms with Crippen LogP contribution in [0.1, 0.15) is 31.1 Å². The Labute approximate surface area is 193 Å². The first-order valence-corrected chi connectivity index (χ1v) is 10.5. The van der Waals surface area contributed by atoms with Crippen LogP contribution < -0.4 is 23.7 Å². The van der Waals surface area contributed by atoms with E-state index in [4.69, 9.17) is 28.4 Å². The van der Waals surface area contributed by atoms with E-state index in [0.717, 1.165) is 0 Å². The first-order chi connectivity index (χ1) is 15.9. The number of hydrogen-bond donors (Lipinski definition) is 0. The third-order valence-corrected chi connectivity index (χ3v) is 4.96. The minimum Gasteiger partial charge on any atom is -0.493 e. The highest BCUT2D eigenvalue weighted by Gasteiger charge is 2.27. The van der Waals surface area contributed by atoms with Crippen molar-refractivity contribution in [3.05, 3.63) is 35.9 Å². The summed E-state index contributed by atoms with van der Waals surface area (Å²) in [6.07, 6.45) is -0.221. The van der Waals surface area contributed by atoms with Gasteiger partial charge in [0.05, 0.1) is 46.7 Å². The topological polar surface area (TPSA) is 85.3 Å². The minimum atomic E-state index is -0.540. The second kappa shape index (κ2) is 10.3. The fourth-order valence-electron chi connectivity index (χ4n) is 3.56. The molecule has 0 N–H and O–H groups in total. The van der Waals surface area contributed by atoms with E-state index in [2.05, 4.69) is 4.98 Å². The number of methoxy groups -OCH3 is 4. The van der Waals surface area contributed by atoms with Gasteiger partial charge < -0.3 is 28.4 Å². The maximum absolute atomic E-state index is 13.2. The lowest BCUT2D eigenvalue weighted by atomic mass is 9.95. The summed E-state index contributed by atoms with van der Waals surface area (Å²) in [5.74, 6) is 1.72. The number of ether oxygens (including phenoxy) is 6. The average molecular weight is 456 g/mol. The quantitative estimate of drug-likeness (QED) is 0.421. The summed E-state index contributed by atoms with van der Waals surface area (Å²) in [6, 6.07) is 8.95. The second-order valence-corrected chi connectivity index (χ2v) is 7.35. The third kappa shape index (κ3) is 4.74. The molecule has 0 amide bonds. The molecule has 1 aromatic heterocycles. The smallest absolute Gasteiger partial charge is 0.344 e. The van der Waals surface area contributed by atoms with Gasteiger partial charge in [-0.25, -0.2) is 9.78 Å². The molecule has 8 heteroatoms. The number of hydrogen-bond acceptors (Lipinski definition) is 8. The molecule has 3 aromatic rings. The maximum Gasteiger partial charge on any atom is 0.344 e. The molecule has 176 valence electrons. The number of aromatic nitrogens is 1. The molecule has 8 nitrogen and oxygen atoms in total. The molecular weight excluding hydrogens is 426 g/mol. The van der Waals surface area contributed by atoms with Crippen molar-refractivity contribution in [1.29, 1.82) is 0 Å². The molecule has 0 unspecified atom stereocenters. The van der Waals surface area contributed by atoms with Gasteiger partial charge in [-0.1, -0.05) is 6.07 Å². The van der Waals surface area contributed by atoms with E-state index in [1.54, 1.807) is 59.6 Å². The molecule has 0 bridgehead atoms. The number of nitrogens with zero attached hydrogens (tertiary/aromatic N) is 1. The largest absolute Gasteiger partial charge is 0.493 e. The number of carbonyl (C=O) groups excluding carboxylic acids is 1. The van der Waals surface area contributed by atoms with Crippen LogP contribution in [-0.4, -0.2) is 52.1 Å². The highest BCUT2D eigenvalue weighted by molar-refractivity contribution is 6.09. The number of benzene rings is 2. The predicted octanol–water partition coefficient (Wildman–Crippen LogP) is 4.90. The lowest BCUT2D eigenvalue weighted by Crippen LogP contribution is -2.15. The van der Waals surface area contributed by atoms with Gasteiger partial charge in [-0.05, 0) is 44.5 Å². The Hall–Kier alpha value is -3.68. The van der Waals surface area contributed by atoms with E-state index in [1.165, 1.54) is 0 Å². The van der Waals surface area contributed by atoms with Crippen molar-refractivity contribution in [3.63, 3.8) is 0 Å². The molecule has 33 heavy (non-hydrogen) atoms. The molecule has 0 aliphatic carbocycles. The molecular formula is C25H29NO7. The first kappa shape index (κ1) is 24.0. The molecule has 1 heterocycles. The Bertz CT molecular complexity index is 1160. The summed E-state index contributed by atoms with van der Waals surface area (Å²) in [6.45, 7) is 5.69. The van der Waals surface area contributed by atoms with Crippen LogP contribution in [0.25, 0.3) is 22.0 Å². The second-order valence-electron chi connectivity index (χ2n) is 7.35. The van der Waals surface area contributed by atoms with Crippen molar-refractivity contribution in [2.45, 2.75) is 26.9 Å². The Morgan fingerprint density at radius 3 is 2.06 bits per heavy atom. The normalized spacial score (nSPS) is 10.8. The lowest BCUT2D eigenvalue weighted by molar-refractivity contribution is 0.0520. The molecule has 0 aliphatic rings. The van der Waals surface area contributed by atoms with E-state index >= 15 is 0 Å². The summed E-state index contributed by atoms with van der Waals surface area (Å²) >= 11 is 0. The first-order valence-electron chi connectivity index (χ1n) is 10.5. The summed E-state index contributed by atoms with van der Waals surface area (Å²) in [5, 5.41) is 0.666. The van der Waals surface area contributed by atoms with Crippen LogP contribution in [0.5, 0.6) is 28.9 Å². The predicted molar refractivity (Wildman–Crippen MR) is 125 cm³/mol. The zero-order chi connectivity index (χ0) is 24.1. The van der Waals surface area contributed by atoms with Gasteiger partial charge in [0, 0.05) is 17.0 Å². The molecule has 0 saturated carbocycles. The molecule has 3 rings (SSSR count). The zero-order valence-electron chi connectivity index (χ0n) is 20.0. The fraction of sp³-hybridized carbons (Fsp3) is 0.360. The summed E-state index contributed by atoms with van der Waals surface area (Å²) in [4.78, 5) is 17.8. The van der Waals surface area contributed by atoms with Gasteiger partial charge >= 0.3 is 5.97 Å². The van der Waals surface area contributed by atoms with Crippen LogP contribution in [0.15, 0.2) is 30.3 Å². The zero-order valence-corrected chi connectivity index (χ0v) is 20.0. The van der Waals surface area contributed by atoms with Gasteiger partial charge in [0.25, 0.3) is 0 Å². The maximum atomic E-state index is 13.2. The number of carbonyl (C=O) groups is 1. The van der Waals surface area contributed by atoms with Crippen molar-refractivity contribution in [1.82, 2.24) is 4.98 Å². The Balaban J connectivity index is 2.48. The number of rotatable bonds is 9. The lowest BCUT2D eigenvalue weighted by Gasteiger charge is -2.20. The van der Waals surface area contributed by atoms with Gasteiger partial charge in [0.2, 0.25) is 5.88 Å². The van der Waals surface area contributed by atoms with Crippen LogP contribution in [0, 0.1) is 0 Å². The van der Waals surface area contributed by atoms with Crippen molar-refractivity contribution >= 4 is 16.9 Å². The SMILES string of the molecule is CCOC(=O)c1c(OC(C)C)nc2cc(OC)c(OC)cc2c1-c1ccc(OC)c(OC)c1. The van der Waals surface area contributed by atoms with E-state index in [1.807, 2.05) is 19.9 Å². The van der Waals surface area contributed by atoms with Crippen molar-refractivity contribution in [3.8, 4) is 40.0 Å². The fourth-order valence-corrected chi connectivity index (χ4v) is 3.56. The standard InChI is InChI=1S/C25H29NO7/c1-8-32-25(27)23-22(15-9-10-18(28-4)19(11-15)29-5)16-12-20(30-6)21(31-7)13-17(16)26-24(23)33-14(2)3/h9-14H,8H2,1-7H3. The van der Waals surface area contributed by atoms with E-state index in [9.17, 15) is 4.79 Å². The Morgan fingerprint density at radius 2 is 1.48 bits per heavy atom. The average Bonchev–Trinajstić information content (AvgIpc) is 2.81. The Kier molecular flexibility index (Phi) is 7.48. The number of pyridine rings is 1. The Morgan fingerprint density at radius 1 is 0.879 bits per heavy atom. The van der Waals surface area contributed by atoms with Gasteiger partial charge in [-0.2, -0.15) is 0 Å². The molecule has 0 atom stereocenters. The third-order valence-electron chi connectivity index (χ3n) is 4.96. The molecule has 0 fully saturated rings. The highest BCUT2D eigenvalue weighted by atomic mass is 16.5. The van der Waals surface area contributed by atoms with Crippen molar-refractivity contribution < 1.29 is 33.2 Å². The minimum absolute atomic E-state index is 0.174. The molecule has 0 saturated heterocycles. The van der Waals surface area contributed by atoms with E-state index in [-0.39, 0.29) is 24.2 Å². The van der Waals surface area contributed by atoms with Crippen molar-refractivity contribution in [2.75, 3.05) is 35.0 Å². The van der Waals surface area contributed by atoms with Crippen molar-refractivity contribution in [2.24, 2.45) is 0 Å². The van der Waals surface area contributed by atoms with Gasteiger partial charge in [-0.3, -0.25) is 0 Å². The molecule has 0 radical (unpaired) electrons. The van der Waals surface area contributed by atoms with Crippen LogP contribution >= 0.6 is 0 Å². The highest BCUT2D eigenvalue weighted by Crippen LogP contribution is 2.43. The van der Waals surface area contributed by atoms with Gasteiger partial charge in [0.15, 0.2) is 23.0 Å². The van der Waals surface area contributed by atoms with Crippen LogP contribution in [0.2, 0.25) is 0 Å². The van der Waals surface area contributed by atoms with Crippen LogP contribution in [0.3, 0.4) is 0 Å². The van der Waals surface area contributed by atoms with Gasteiger partial charge in [0.1, 0.15) is 5.56 Å². The molecule has 2 aromatic carbocycles. The molecule has 0 spiro atoms. The van der Waals surface area contributed by atoms with Crippen LogP contribution in [-0.2, 0) is 4.74 Å². The summed E-state index contributed by atoms with van der Waals surface area (Å²) < 4.78 is 33.2. The molecule has 0 aliphatic heterocycles. The summed E-state index contributed by atoms with van der Waals surface area (Å²) in [7, 11) is 6.22. The summed E-state index contributed by atoms with van der Waals surface area (Å²) in [5.41, 5.74) is 2.07. The van der Waals surface area contributed by atoms with E-state index in [0.29, 0.717) is 45.0 Å². The van der Waals surface area contributed by atoms with Gasteiger partial charge in [-0.15, -0.1) is 0 Å².